The van der Waals surface area contributed by atoms with Gasteiger partial charge >= 0.3 is 0 Å². The van der Waals surface area contributed by atoms with Gasteiger partial charge in [-0.2, -0.15) is 4.36 Å². The molecule has 122 valence electrons. The highest BCUT2D eigenvalue weighted by Gasteiger charge is 2.29. The van der Waals surface area contributed by atoms with Gasteiger partial charge in [-0.05, 0) is 43.0 Å². The Labute approximate surface area is 134 Å². The molecule has 0 radical (unpaired) electrons. The van der Waals surface area contributed by atoms with E-state index >= 15 is 0 Å². The summed E-state index contributed by atoms with van der Waals surface area (Å²) in [6, 6.07) is 0. The Morgan fingerprint density at radius 3 is 1.57 bits per heavy atom. The van der Waals surface area contributed by atoms with Gasteiger partial charge in [-0.15, -0.1) is 0 Å². The van der Waals surface area contributed by atoms with E-state index in [0.29, 0.717) is 5.56 Å². The van der Waals surface area contributed by atoms with Gasteiger partial charge in [0.05, 0.1) is 11.3 Å². The summed E-state index contributed by atoms with van der Waals surface area (Å²) >= 11 is 4.61. The smallest absolute Gasteiger partial charge is 0.200 e. The van der Waals surface area contributed by atoms with Crippen LogP contribution >= 0.6 is 0 Å². The predicted molar refractivity (Wildman–Crippen MR) is 79.7 cm³/mol. The zero-order valence-electron chi connectivity index (χ0n) is 12.3. The molecule has 2 rings (SSSR count). The van der Waals surface area contributed by atoms with E-state index in [-0.39, 0.29) is 28.1 Å². The average molecular weight is 346 g/mol. The number of nitrogen functional groups attached to an aromatic ring is 1. The second-order valence-electron chi connectivity index (χ2n) is 5.05. The van der Waals surface area contributed by atoms with E-state index in [1.54, 1.807) is 6.92 Å². The van der Waals surface area contributed by atoms with Crippen molar-refractivity contribution in [3.05, 3.63) is 45.8 Å². The van der Waals surface area contributed by atoms with Gasteiger partial charge in [0.15, 0.2) is 23.3 Å². The molecule has 0 aliphatic heterocycles. The van der Waals surface area contributed by atoms with Crippen molar-refractivity contribution in [1.82, 2.24) is 0 Å². The molecule has 0 spiro atoms. The lowest BCUT2D eigenvalue weighted by Crippen LogP contribution is -2.07. The Morgan fingerprint density at radius 1 is 0.696 bits per heavy atom. The number of anilines is 1. The molecule has 0 atom stereocenters. The molecule has 2 aromatic carbocycles. The monoisotopic (exact) mass is 346 g/mol. The first-order valence-corrected chi connectivity index (χ1v) is 6.75. The lowest BCUT2D eigenvalue weighted by Gasteiger charge is -2.19. The number of nitrogens with two attached hydrogens (primary N) is 1. The van der Waals surface area contributed by atoms with Gasteiger partial charge in [0.1, 0.15) is 5.69 Å². The fraction of sp³-hybridized carbons (Fsp3) is 0.200. The standard InChI is InChI=1S/C15H11F5N2S/c1-4-5(2)15(22-23)14(21)6(3)7(4)8-9(16)11(18)13(20)12(19)10(8)17/h21H2,1-3H3. The lowest BCUT2D eigenvalue weighted by molar-refractivity contribution is 0.381. The second kappa shape index (κ2) is 5.84. The number of hydrogen-bond donors (Lipinski definition) is 1. The van der Waals surface area contributed by atoms with E-state index in [1.165, 1.54) is 13.8 Å². The van der Waals surface area contributed by atoms with Crippen molar-refractivity contribution in [2.45, 2.75) is 20.8 Å². The van der Waals surface area contributed by atoms with Gasteiger partial charge in [-0.1, -0.05) is 0 Å². The maximum atomic E-state index is 14.1. The van der Waals surface area contributed by atoms with Gasteiger partial charge in [0.2, 0.25) is 5.82 Å². The van der Waals surface area contributed by atoms with Crippen LogP contribution in [0.5, 0.6) is 0 Å². The van der Waals surface area contributed by atoms with Crippen molar-refractivity contribution in [3.63, 3.8) is 0 Å². The van der Waals surface area contributed by atoms with Crippen molar-refractivity contribution in [2.75, 3.05) is 5.73 Å². The molecule has 0 fully saturated rings. The molecule has 0 aliphatic carbocycles. The van der Waals surface area contributed by atoms with Crippen LogP contribution in [0.25, 0.3) is 11.1 Å². The summed E-state index contributed by atoms with van der Waals surface area (Å²) in [5.74, 6) is -10.0. The van der Waals surface area contributed by atoms with E-state index in [1.807, 2.05) is 0 Å². The number of halogens is 5. The minimum Gasteiger partial charge on any atom is -0.397 e. The van der Waals surface area contributed by atoms with Gasteiger partial charge in [0, 0.05) is 12.4 Å². The predicted octanol–water partition coefficient (Wildman–Crippen LogP) is 4.92. The van der Waals surface area contributed by atoms with Gasteiger partial charge in [0.25, 0.3) is 0 Å². The summed E-state index contributed by atoms with van der Waals surface area (Å²) in [5.41, 5.74) is 5.76. The van der Waals surface area contributed by atoms with E-state index in [2.05, 4.69) is 16.8 Å². The third-order valence-corrected chi connectivity index (χ3v) is 4.06. The number of hydrogen-bond acceptors (Lipinski definition) is 3. The first-order valence-electron chi connectivity index (χ1n) is 6.39. The maximum Gasteiger partial charge on any atom is 0.200 e. The molecule has 2 nitrogen and oxygen atoms in total. The molecule has 0 aliphatic rings. The molecule has 2 N–H and O–H groups in total. The lowest BCUT2D eigenvalue weighted by atomic mass is 9.89. The van der Waals surface area contributed by atoms with Crippen LogP contribution in [0.2, 0.25) is 0 Å². The Kier molecular flexibility index (Phi) is 4.39. The fourth-order valence-electron chi connectivity index (χ4n) is 2.48. The molecule has 0 saturated carbocycles. The first-order chi connectivity index (χ1) is 10.6. The van der Waals surface area contributed by atoms with Crippen LogP contribution in [0.4, 0.5) is 33.3 Å². The van der Waals surface area contributed by atoms with Crippen LogP contribution < -0.4 is 5.73 Å². The van der Waals surface area contributed by atoms with Crippen LogP contribution in [0.3, 0.4) is 0 Å². The highest BCUT2D eigenvalue weighted by Crippen LogP contribution is 2.43. The van der Waals surface area contributed by atoms with Crippen LogP contribution in [0.15, 0.2) is 4.36 Å². The molecule has 8 heteroatoms. The van der Waals surface area contributed by atoms with Crippen molar-refractivity contribution in [2.24, 2.45) is 4.36 Å². The highest BCUT2D eigenvalue weighted by molar-refractivity contribution is 7.47. The molecule has 0 aromatic heterocycles. The van der Waals surface area contributed by atoms with E-state index in [9.17, 15) is 22.0 Å². The van der Waals surface area contributed by atoms with E-state index in [4.69, 9.17) is 5.73 Å². The summed E-state index contributed by atoms with van der Waals surface area (Å²) in [5, 5.41) is 0. The molecular formula is C15H11F5N2S. The van der Waals surface area contributed by atoms with Crippen molar-refractivity contribution in [1.29, 1.82) is 0 Å². The normalized spacial score (nSPS) is 11.0. The maximum absolute atomic E-state index is 14.1. The summed E-state index contributed by atoms with van der Waals surface area (Å²) < 4.78 is 71.9. The van der Waals surface area contributed by atoms with Crippen LogP contribution in [-0.2, 0) is 12.4 Å². The Balaban J connectivity index is 3.04. The Bertz CT molecular complexity index is 791. The number of nitrogens with zero attached hydrogens (tertiary/aromatic N) is 1. The Hall–Kier alpha value is -2.09. The SMILES string of the molecule is Cc1c(C)c(-c2c(F)c(F)c(F)c(F)c2F)c(C)c(N)c1N=S. The van der Waals surface area contributed by atoms with Gasteiger partial charge in [-0.25, -0.2) is 22.0 Å². The van der Waals surface area contributed by atoms with Crippen molar-refractivity contribution in [3.8, 4) is 11.1 Å². The zero-order chi connectivity index (χ0) is 17.6. The molecule has 0 amide bonds. The molecular weight excluding hydrogens is 335 g/mol. The van der Waals surface area contributed by atoms with Gasteiger partial charge in [-0.3, -0.25) is 0 Å². The summed E-state index contributed by atoms with van der Waals surface area (Å²) in [6.07, 6.45) is 0. The Morgan fingerprint density at radius 2 is 1.13 bits per heavy atom. The summed E-state index contributed by atoms with van der Waals surface area (Å²) in [4.78, 5) is 0. The zero-order valence-corrected chi connectivity index (χ0v) is 13.1. The van der Waals surface area contributed by atoms with E-state index < -0.39 is 34.6 Å². The average Bonchev–Trinajstić information content (AvgIpc) is 2.53. The molecule has 0 heterocycles. The quantitative estimate of drug-likeness (QED) is 0.363. The molecule has 23 heavy (non-hydrogen) atoms. The third-order valence-electron chi connectivity index (χ3n) is 3.88. The molecule has 2 aromatic rings. The second-order valence-corrected chi connectivity index (χ2v) is 5.23. The fourth-order valence-corrected chi connectivity index (χ4v) is 2.71. The minimum absolute atomic E-state index is 0.0297. The third kappa shape index (κ3) is 2.37. The van der Waals surface area contributed by atoms with Crippen LogP contribution in [0.1, 0.15) is 16.7 Å². The topological polar surface area (TPSA) is 38.4 Å². The summed E-state index contributed by atoms with van der Waals surface area (Å²) in [6.45, 7) is 4.42. The first kappa shape index (κ1) is 17.3. The number of rotatable bonds is 2. The molecule has 0 saturated heterocycles. The molecule has 0 unspecified atom stereocenters. The van der Waals surface area contributed by atoms with Crippen LogP contribution in [-0.4, -0.2) is 0 Å². The largest absolute Gasteiger partial charge is 0.397 e. The van der Waals surface area contributed by atoms with Crippen LogP contribution in [0, 0.1) is 49.9 Å². The van der Waals surface area contributed by atoms with E-state index in [0.717, 1.165) is 0 Å². The molecule has 0 bridgehead atoms. The minimum atomic E-state index is -2.21. The number of benzene rings is 2. The van der Waals surface area contributed by atoms with Crippen molar-refractivity contribution >= 4 is 23.8 Å². The van der Waals surface area contributed by atoms with Gasteiger partial charge < -0.3 is 5.73 Å². The highest BCUT2D eigenvalue weighted by atomic mass is 32.1. The van der Waals surface area contributed by atoms with Crippen molar-refractivity contribution < 1.29 is 22.0 Å². The summed E-state index contributed by atoms with van der Waals surface area (Å²) in [7, 11) is 0.